The third kappa shape index (κ3) is 8.67. The van der Waals surface area contributed by atoms with Crippen LogP contribution >= 0.6 is 0 Å². The van der Waals surface area contributed by atoms with Gasteiger partial charge < -0.3 is 20.1 Å². The zero-order valence-corrected chi connectivity index (χ0v) is 18.0. The Bertz CT molecular complexity index is 639. The van der Waals surface area contributed by atoms with Crippen molar-refractivity contribution in [3.63, 3.8) is 0 Å². The molecule has 3 rings (SSSR count). The largest absolute Gasteiger partial charge is 0.470 e. The van der Waals surface area contributed by atoms with Gasteiger partial charge in [-0.1, -0.05) is 31.5 Å². The van der Waals surface area contributed by atoms with E-state index < -0.39 is 0 Å². The van der Waals surface area contributed by atoms with Crippen LogP contribution in [0.1, 0.15) is 38.1 Å². The van der Waals surface area contributed by atoms with Crippen molar-refractivity contribution in [2.45, 2.75) is 46.6 Å². The van der Waals surface area contributed by atoms with E-state index in [2.05, 4.69) is 65.6 Å². The molecule has 0 amide bonds. The summed E-state index contributed by atoms with van der Waals surface area (Å²) in [6, 6.07) is 10.4. The van der Waals surface area contributed by atoms with Crippen LogP contribution in [0.25, 0.3) is 0 Å². The molecular formula is C22H36N4O2. The molecule has 156 valence electrons. The van der Waals surface area contributed by atoms with Gasteiger partial charge in [0.1, 0.15) is 11.9 Å². The van der Waals surface area contributed by atoms with Gasteiger partial charge in [-0.3, -0.25) is 0 Å². The quantitative estimate of drug-likeness (QED) is 0.728. The van der Waals surface area contributed by atoms with Crippen molar-refractivity contribution in [2.75, 3.05) is 38.3 Å². The Morgan fingerprint density at radius 1 is 1.00 bits per heavy atom. The summed E-state index contributed by atoms with van der Waals surface area (Å²) < 4.78 is 10.9. The van der Waals surface area contributed by atoms with Crippen LogP contribution in [-0.4, -0.2) is 49.4 Å². The van der Waals surface area contributed by atoms with Crippen molar-refractivity contribution in [1.29, 1.82) is 0 Å². The van der Waals surface area contributed by atoms with Crippen molar-refractivity contribution in [2.24, 2.45) is 5.73 Å². The Labute approximate surface area is 170 Å². The fraction of sp³-hybridized carbons (Fsp3) is 0.545. The van der Waals surface area contributed by atoms with Gasteiger partial charge >= 0.3 is 0 Å². The lowest BCUT2D eigenvalue weighted by Gasteiger charge is -2.40. The molecule has 0 saturated carbocycles. The molecule has 0 bridgehead atoms. The summed E-state index contributed by atoms with van der Waals surface area (Å²) in [6.45, 7) is 11.9. The number of benzene rings is 1. The van der Waals surface area contributed by atoms with Crippen LogP contribution in [0.2, 0.25) is 0 Å². The smallest absolute Gasteiger partial charge is 0.216 e. The van der Waals surface area contributed by atoms with Crippen LogP contribution in [0, 0.1) is 13.8 Å². The number of hydrogen-bond donors (Lipinski definition) is 1. The average Bonchev–Trinajstić information content (AvgIpc) is 2.68. The van der Waals surface area contributed by atoms with Crippen LogP contribution in [0.15, 0.2) is 36.5 Å². The van der Waals surface area contributed by atoms with Gasteiger partial charge in [-0.25, -0.2) is 4.98 Å². The summed E-state index contributed by atoms with van der Waals surface area (Å²) in [5, 5.41) is 0. The first-order chi connectivity index (χ1) is 13.6. The van der Waals surface area contributed by atoms with E-state index in [0.717, 1.165) is 45.0 Å². The van der Waals surface area contributed by atoms with Gasteiger partial charge in [0.2, 0.25) is 5.88 Å². The highest BCUT2D eigenvalue weighted by Crippen LogP contribution is 2.23. The second-order valence-corrected chi connectivity index (χ2v) is 6.53. The van der Waals surface area contributed by atoms with Crippen LogP contribution in [0.3, 0.4) is 0 Å². The van der Waals surface area contributed by atoms with Crippen molar-refractivity contribution in [3.8, 4) is 5.88 Å². The number of hydrogen-bond acceptors (Lipinski definition) is 6. The lowest BCUT2D eigenvalue weighted by Crippen LogP contribution is -2.54. The fourth-order valence-corrected chi connectivity index (χ4v) is 2.54. The molecule has 0 aliphatic carbocycles. The Hall–Kier alpha value is -2.18. The molecule has 1 fully saturated rings. The number of aromatic nitrogens is 2. The van der Waals surface area contributed by atoms with Gasteiger partial charge in [0.25, 0.3) is 0 Å². The predicted molar refractivity (Wildman–Crippen MR) is 116 cm³/mol. The summed E-state index contributed by atoms with van der Waals surface area (Å²) >= 11 is 0. The maximum absolute atomic E-state index is 5.81. The number of rotatable bonds is 7. The summed E-state index contributed by atoms with van der Waals surface area (Å²) in [7, 11) is 1.50. The number of nitrogens with zero attached hydrogens (tertiary/aromatic N) is 3. The van der Waals surface area contributed by atoms with Gasteiger partial charge in [0.05, 0.1) is 13.1 Å². The maximum atomic E-state index is 5.81. The highest BCUT2D eigenvalue weighted by atomic mass is 16.5. The van der Waals surface area contributed by atoms with E-state index in [0.29, 0.717) is 5.88 Å². The molecule has 1 saturated heterocycles. The first-order valence-electron chi connectivity index (χ1n) is 10.1. The normalized spacial score (nSPS) is 12.9. The van der Waals surface area contributed by atoms with Gasteiger partial charge in [0, 0.05) is 31.2 Å². The van der Waals surface area contributed by atoms with E-state index in [9.17, 15) is 0 Å². The third-order valence-corrected chi connectivity index (χ3v) is 3.98. The summed E-state index contributed by atoms with van der Waals surface area (Å²) in [6.07, 6.45) is 4.23. The summed E-state index contributed by atoms with van der Waals surface area (Å²) in [5.74, 6) is 1.41. The first kappa shape index (κ1) is 23.9. The van der Waals surface area contributed by atoms with E-state index in [4.69, 9.17) is 9.47 Å². The number of anilines is 1. The molecule has 6 heteroatoms. The molecule has 1 aliphatic heterocycles. The molecule has 2 aromatic rings. The minimum absolute atomic E-state index is 0.218. The molecule has 0 radical (unpaired) electrons. The molecule has 0 atom stereocenters. The van der Waals surface area contributed by atoms with E-state index in [1.165, 1.54) is 18.3 Å². The second kappa shape index (κ2) is 13.9. The topological polar surface area (TPSA) is 73.5 Å². The van der Waals surface area contributed by atoms with E-state index in [1.54, 1.807) is 6.20 Å². The van der Waals surface area contributed by atoms with Gasteiger partial charge in [-0.15, -0.1) is 0 Å². The van der Waals surface area contributed by atoms with Gasteiger partial charge in [0.15, 0.2) is 0 Å². The average molecular weight is 389 g/mol. The van der Waals surface area contributed by atoms with Crippen molar-refractivity contribution < 1.29 is 9.47 Å². The predicted octanol–water partition coefficient (Wildman–Crippen LogP) is 3.76. The first-order valence-corrected chi connectivity index (χ1v) is 10.1. The molecule has 0 unspecified atom stereocenters. The van der Waals surface area contributed by atoms with Crippen molar-refractivity contribution in [3.05, 3.63) is 47.9 Å². The number of aryl methyl sites for hydroxylation is 2. The molecule has 1 aromatic heterocycles. The highest BCUT2D eigenvalue weighted by molar-refractivity contribution is 5.50. The zero-order valence-electron chi connectivity index (χ0n) is 18.0. The van der Waals surface area contributed by atoms with E-state index in [1.807, 2.05) is 13.0 Å². The summed E-state index contributed by atoms with van der Waals surface area (Å²) in [4.78, 5) is 10.6. The third-order valence-electron chi connectivity index (χ3n) is 3.98. The molecule has 1 aliphatic rings. The highest BCUT2D eigenvalue weighted by Gasteiger charge is 2.28. The Morgan fingerprint density at radius 2 is 1.61 bits per heavy atom. The molecule has 0 spiro atoms. The second-order valence-electron chi connectivity index (χ2n) is 6.53. The molecule has 6 nitrogen and oxygen atoms in total. The van der Waals surface area contributed by atoms with Crippen molar-refractivity contribution >= 4 is 5.69 Å². The minimum Gasteiger partial charge on any atom is -0.470 e. The lowest BCUT2D eigenvalue weighted by molar-refractivity contribution is 0.135. The van der Waals surface area contributed by atoms with Gasteiger partial charge in [-0.05, 0) is 45.9 Å². The molecule has 28 heavy (non-hydrogen) atoms. The standard InChI is InChI=1S/C15H17N3O.C6H14O.CH5N/c1-11-3-5-13(6-4-11)18-9-14(10-18)19-15-7-8-16-12(2)17-15;1-3-5-7-6-4-2;1-2/h3-8,14H,9-10H2,1-2H3;3-6H2,1-2H3;2H2,1H3. The van der Waals surface area contributed by atoms with E-state index >= 15 is 0 Å². The number of ether oxygens (including phenoxy) is 2. The Balaban J connectivity index is 0.000000372. The molecule has 2 N–H and O–H groups in total. The Morgan fingerprint density at radius 3 is 2.14 bits per heavy atom. The zero-order chi connectivity index (χ0) is 20.8. The molecule has 1 aromatic carbocycles. The maximum Gasteiger partial charge on any atom is 0.216 e. The van der Waals surface area contributed by atoms with Gasteiger partial charge in [-0.2, -0.15) is 4.98 Å². The van der Waals surface area contributed by atoms with Crippen LogP contribution in [-0.2, 0) is 4.74 Å². The van der Waals surface area contributed by atoms with E-state index in [-0.39, 0.29) is 6.10 Å². The van der Waals surface area contributed by atoms with Crippen molar-refractivity contribution in [1.82, 2.24) is 9.97 Å². The monoisotopic (exact) mass is 388 g/mol. The van der Waals surface area contributed by atoms with Crippen LogP contribution in [0.4, 0.5) is 5.69 Å². The number of nitrogens with two attached hydrogens (primary N) is 1. The van der Waals surface area contributed by atoms with Crippen LogP contribution in [0.5, 0.6) is 5.88 Å². The molecular weight excluding hydrogens is 352 g/mol. The molecule has 2 heterocycles. The fourth-order valence-electron chi connectivity index (χ4n) is 2.54. The minimum atomic E-state index is 0.218. The summed E-state index contributed by atoms with van der Waals surface area (Å²) in [5.41, 5.74) is 7.04. The SMILES string of the molecule is CCCOCCC.CN.Cc1ccc(N2CC(Oc3ccnc(C)n3)C2)cc1. The Kier molecular flexibility index (Phi) is 11.9. The lowest BCUT2D eigenvalue weighted by atomic mass is 10.1. The van der Waals surface area contributed by atoms with Crippen LogP contribution < -0.4 is 15.4 Å².